The molecule has 0 amide bonds. The minimum absolute atomic E-state index is 0.781. The van der Waals surface area contributed by atoms with E-state index in [1.165, 1.54) is 0 Å². The summed E-state index contributed by atoms with van der Waals surface area (Å²) in [6, 6.07) is 0. The maximum absolute atomic E-state index is 4.94. The second kappa shape index (κ2) is 7.36. The fourth-order valence-electron chi connectivity index (χ4n) is 1.38. The molecule has 1 N–H and O–H groups in total. The fraction of sp³-hybridized carbons (Fsp3) is 0.800. The number of aryl methyl sites for hydroxylation is 2. The Morgan fingerprint density at radius 1 is 1.40 bits per heavy atom. The number of hydrogen-bond acceptors (Lipinski definition) is 4. The standard InChI is InChI=1S/C10H20N4O/c1-14-10(12-9-13-14)5-3-4-6-11-7-8-15-2/h9,11H,3-8H2,1-2H3. The van der Waals surface area contributed by atoms with Gasteiger partial charge in [0.25, 0.3) is 0 Å². The van der Waals surface area contributed by atoms with Crippen LogP contribution in [0.3, 0.4) is 0 Å². The molecule has 0 radical (unpaired) electrons. The summed E-state index contributed by atoms with van der Waals surface area (Å²) in [7, 11) is 3.65. The van der Waals surface area contributed by atoms with Crippen LogP contribution in [0.5, 0.6) is 0 Å². The van der Waals surface area contributed by atoms with Gasteiger partial charge in [0.15, 0.2) is 0 Å². The minimum atomic E-state index is 0.781. The molecule has 0 bridgehead atoms. The lowest BCUT2D eigenvalue weighted by Gasteiger charge is -2.03. The Morgan fingerprint density at radius 3 is 2.93 bits per heavy atom. The van der Waals surface area contributed by atoms with Crippen LogP contribution >= 0.6 is 0 Å². The smallest absolute Gasteiger partial charge is 0.138 e. The monoisotopic (exact) mass is 212 g/mol. The van der Waals surface area contributed by atoms with Crippen LogP contribution in [0.1, 0.15) is 18.7 Å². The van der Waals surface area contributed by atoms with E-state index in [2.05, 4.69) is 15.4 Å². The van der Waals surface area contributed by atoms with Crippen LogP contribution in [0.15, 0.2) is 6.33 Å². The van der Waals surface area contributed by atoms with Crippen molar-refractivity contribution in [2.45, 2.75) is 19.3 Å². The lowest BCUT2D eigenvalue weighted by molar-refractivity contribution is 0.199. The number of aromatic nitrogens is 3. The SMILES string of the molecule is COCCNCCCCc1ncnn1C. The number of rotatable bonds is 8. The topological polar surface area (TPSA) is 52.0 Å². The third kappa shape index (κ3) is 4.90. The first-order valence-electron chi connectivity index (χ1n) is 5.37. The van der Waals surface area contributed by atoms with Gasteiger partial charge in [0.05, 0.1) is 6.61 Å². The molecule has 86 valence electrons. The molecular formula is C10H20N4O. The van der Waals surface area contributed by atoms with Crippen molar-refractivity contribution in [3.8, 4) is 0 Å². The highest BCUT2D eigenvalue weighted by Crippen LogP contribution is 1.98. The zero-order chi connectivity index (χ0) is 10.9. The van der Waals surface area contributed by atoms with Crippen molar-refractivity contribution in [2.24, 2.45) is 7.05 Å². The molecule has 1 heterocycles. The molecule has 0 fully saturated rings. The lowest BCUT2D eigenvalue weighted by atomic mass is 10.2. The van der Waals surface area contributed by atoms with Crippen molar-refractivity contribution in [3.63, 3.8) is 0 Å². The lowest BCUT2D eigenvalue weighted by Crippen LogP contribution is -2.20. The number of hydrogen-bond donors (Lipinski definition) is 1. The van der Waals surface area contributed by atoms with Gasteiger partial charge in [-0.3, -0.25) is 4.68 Å². The predicted octanol–water partition coefficient (Wildman–Crippen LogP) is 0.374. The third-order valence-corrected chi connectivity index (χ3v) is 2.29. The largest absolute Gasteiger partial charge is 0.383 e. The van der Waals surface area contributed by atoms with E-state index in [9.17, 15) is 0 Å². The van der Waals surface area contributed by atoms with E-state index in [1.807, 2.05) is 11.7 Å². The maximum Gasteiger partial charge on any atom is 0.138 e. The first-order valence-corrected chi connectivity index (χ1v) is 5.37. The molecule has 0 atom stereocenters. The third-order valence-electron chi connectivity index (χ3n) is 2.29. The minimum Gasteiger partial charge on any atom is -0.383 e. The normalized spacial score (nSPS) is 10.8. The van der Waals surface area contributed by atoms with Crippen LogP contribution in [0, 0.1) is 0 Å². The number of ether oxygens (including phenoxy) is 1. The summed E-state index contributed by atoms with van der Waals surface area (Å²) in [5.41, 5.74) is 0. The van der Waals surface area contributed by atoms with Gasteiger partial charge in [0, 0.05) is 27.1 Å². The number of nitrogens with one attached hydrogen (secondary N) is 1. The molecule has 0 unspecified atom stereocenters. The number of unbranched alkanes of at least 4 members (excludes halogenated alkanes) is 1. The first kappa shape index (κ1) is 12.1. The average Bonchev–Trinajstić information content (AvgIpc) is 2.63. The van der Waals surface area contributed by atoms with Crippen LogP contribution in [-0.4, -0.2) is 41.6 Å². The van der Waals surface area contributed by atoms with Gasteiger partial charge < -0.3 is 10.1 Å². The van der Waals surface area contributed by atoms with Gasteiger partial charge >= 0.3 is 0 Å². The Kier molecular flexibility index (Phi) is 5.96. The quantitative estimate of drug-likeness (QED) is 0.633. The molecule has 5 nitrogen and oxygen atoms in total. The van der Waals surface area contributed by atoms with Crippen molar-refractivity contribution in [3.05, 3.63) is 12.2 Å². The second-order valence-corrected chi connectivity index (χ2v) is 3.50. The first-order chi connectivity index (χ1) is 7.34. The van der Waals surface area contributed by atoms with Gasteiger partial charge in [0.1, 0.15) is 12.2 Å². The summed E-state index contributed by atoms with van der Waals surface area (Å²) in [5.74, 6) is 1.06. The van der Waals surface area contributed by atoms with Gasteiger partial charge in [0.2, 0.25) is 0 Å². The summed E-state index contributed by atoms with van der Waals surface area (Å²) < 4.78 is 6.77. The van der Waals surface area contributed by atoms with Gasteiger partial charge in [-0.1, -0.05) is 0 Å². The van der Waals surface area contributed by atoms with Crippen molar-refractivity contribution in [1.82, 2.24) is 20.1 Å². The summed E-state index contributed by atoms with van der Waals surface area (Å²) in [6.45, 7) is 2.75. The zero-order valence-electron chi connectivity index (χ0n) is 9.57. The molecule has 0 aliphatic rings. The molecular weight excluding hydrogens is 192 g/mol. The van der Waals surface area contributed by atoms with E-state index >= 15 is 0 Å². The van der Waals surface area contributed by atoms with Crippen molar-refractivity contribution < 1.29 is 4.74 Å². The average molecular weight is 212 g/mol. The zero-order valence-corrected chi connectivity index (χ0v) is 9.57. The summed E-state index contributed by atoms with van der Waals surface area (Å²) in [6.07, 6.45) is 4.91. The molecule has 0 saturated carbocycles. The molecule has 1 aromatic rings. The van der Waals surface area contributed by atoms with E-state index in [-0.39, 0.29) is 0 Å². The molecule has 1 rings (SSSR count). The van der Waals surface area contributed by atoms with Crippen LogP contribution in [0.4, 0.5) is 0 Å². The van der Waals surface area contributed by atoms with Crippen molar-refractivity contribution >= 4 is 0 Å². The molecule has 15 heavy (non-hydrogen) atoms. The van der Waals surface area contributed by atoms with Gasteiger partial charge in [-0.2, -0.15) is 5.10 Å². The molecule has 0 aliphatic carbocycles. The van der Waals surface area contributed by atoms with Crippen molar-refractivity contribution in [2.75, 3.05) is 26.8 Å². The van der Waals surface area contributed by atoms with Gasteiger partial charge in [-0.15, -0.1) is 0 Å². The Balaban J connectivity index is 1.96. The predicted molar refractivity (Wildman–Crippen MR) is 58.7 cm³/mol. The molecule has 0 saturated heterocycles. The Morgan fingerprint density at radius 2 is 2.27 bits per heavy atom. The van der Waals surface area contributed by atoms with Crippen molar-refractivity contribution in [1.29, 1.82) is 0 Å². The maximum atomic E-state index is 4.94. The Bertz CT molecular complexity index is 262. The summed E-state index contributed by atoms with van der Waals surface area (Å²) in [4.78, 5) is 4.17. The molecule has 1 aromatic heterocycles. The van der Waals surface area contributed by atoms with Gasteiger partial charge in [-0.05, 0) is 19.4 Å². The highest BCUT2D eigenvalue weighted by Gasteiger charge is 1.98. The van der Waals surface area contributed by atoms with Gasteiger partial charge in [-0.25, -0.2) is 4.98 Å². The van der Waals surface area contributed by atoms with Crippen LogP contribution < -0.4 is 5.32 Å². The van der Waals surface area contributed by atoms with E-state index in [4.69, 9.17) is 4.74 Å². The van der Waals surface area contributed by atoms with E-state index in [1.54, 1.807) is 13.4 Å². The van der Waals surface area contributed by atoms with Crippen LogP contribution in [0.25, 0.3) is 0 Å². The Labute approximate surface area is 90.8 Å². The molecule has 0 spiro atoms. The highest BCUT2D eigenvalue weighted by molar-refractivity contribution is 4.82. The van der Waals surface area contributed by atoms with Crippen LogP contribution in [0.2, 0.25) is 0 Å². The second-order valence-electron chi connectivity index (χ2n) is 3.50. The van der Waals surface area contributed by atoms with E-state index < -0.39 is 0 Å². The Hall–Kier alpha value is -0.940. The molecule has 0 aromatic carbocycles. The highest BCUT2D eigenvalue weighted by atomic mass is 16.5. The summed E-state index contributed by atoms with van der Waals surface area (Å²) in [5, 5.41) is 7.34. The molecule has 5 heteroatoms. The molecule has 0 aliphatic heterocycles. The van der Waals surface area contributed by atoms with E-state index in [0.717, 1.165) is 44.8 Å². The summed E-state index contributed by atoms with van der Waals surface area (Å²) >= 11 is 0. The van der Waals surface area contributed by atoms with E-state index in [0.29, 0.717) is 0 Å². The number of methoxy groups -OCH3 is 1. The van der Waals surface area contributed by atoms with Crippen LogP contribution in [-0.2, 0) is 18.2 Å². The fourth-order valence-corrected chi connectivity index (χ4v) is 1.38. The number of nitrogens with zero attached hydrogens (tertiary/aromatic N) is 3.